The molecule has 0 aromatic carbocycles. The highest BCUT2D eigenvalue weighted by Crippen LogP contribution is 2.49. The molecule has 0 spiro atoms. The van der Waals surface area contributed by atoms with Gasteiger partial charge in [0.2, 0.25) is 0 Å². The van der Waals surface area contributed by atoms with Crippen LogP contribution in [0.1, 0.15) is 0 Å². The number of carboxylic acids is 1. The van der Waals surface area contributed by atoms with Crippen molar-refractivity contribution in [2.45, 2.75) is 0 Å². The molecule has 0 fully saturated rings. The van der Waals surface area contributed by atoms with Gasteiger partial charge in [-0.25, -0.2) is 0 Å². The highest BCUT2D eigenvalue weighted by Gasteiger charge is 2.38. The molecule has 0 heterocycles. The van der Waals surface area contributed by atoms with Gasteiger partial charge in [-0.2, -0.15) is 0 Å². The Balaban J connectivity index is 2.00. The number of rotatable bonds is 1. The molecule has 2 unspecified atom stereocenters. The molecule has 0 N–H and O–H groups in total. The molecule has 4 aliphatic rings. The molecule has 0 aromatic heterocycles. The first kappa shape index (κ1) is 10.6. The third-order valence-electron chi connectivity index (χ3n) is 4.22. The molecule has 0 aliphatic heterocycles. The average Bonchev–Trinajstić information content (AvgIpc) is 2.44. The van der Waals surface area contributed by atoms with Crippen molar-refractivity contribution in [1.29, 1.82) is 0 Å². The van der Waals surface area contributed by atoms with Crippen molar-refractivity contribution < 1.29 is 9.90 Å². The van der Waals surface area contributed by atoms with Gasteiger partial charge in [-0.05, 0) is 22.3 Å². The van der Waals surface area contributed by atoms with Crippen molar-refractivity contribution in [3.05, 3.63) is 82.5 Å². The summed E-state index contributed by atoms with van der Waals surface area (Å²) in [5, 5.41) is 11.3. The third kappa shape index (κ3) is 1.34. The Morgan fingerprint density at radius 1 is 0.842 bits per heavy atom. The van der Waals surface area contributed by atoms with Crippen LogP contribution in [0, 0.1) is 11.8 Å². The van der Waals surface area contributed by atoms with Crippen molar-refractivity contribution >= 4 is 5.97 Å². The normalized spacial score (nSPS) is 29.6. The number of carbonyl (C=O) groups excluding carboxylic acids is 1. The molecule has 0 amide bonds. The van der Waals surface area contributed by atoms with Crippen LogP contribution in [-0.2, 0) is 4.79 Å². The summed E-state index contributed by atoms with van der Waals surface area (Å²) in [7, 11) is 0. The van der Waals surface area contributed by atoms with Gasteiger partial charge in [0.05, 0.1) is 5.97 Å². The van der Waals surface area contributed by atoms with E-state index >= 15 is 0 Å². The Labute approximate surface area is 111 Å². The maximum atomic E-state index is 11.3. The van der Waals surface area contributed by atoms with E-state index in [0.717, 1.165) is 5.57 Å². The molecule has 4 aliphatic carbocycles. The van der Waals surface area contributed by atoms with Crippen molar-refractivity contribution in [2.24, 2.45) is 11.8 Å². The maximum absolute atomic E-state index is 11.3. The van der Waals surface area contributed by atoms with E-state index in [0.29, 0.717) is 5.57 Å². The first-order valence-corrected chi connectivity index (χ1v) is 6.37. The summed E-state index contributed by atoms with van der Waals surface area (Å²) in [4.78, 5) is 11.3. The molecule has 2 nitrogen and oxygen atoms in total. The van der Waals surface area contributed by atoms with Gasteiger partial charge in [0.1, 0.15) is 0 Å². The van der Waals surface area contributed by atoms with Crippen LogP contribution in [0.5, 0.6) is 0 Å². The zero-order valence-electron chi connectivity index (χ0n) is 10.2. The molecule has 0 saturated carbocycles. The summed E-state index contributed by atoms with van der Waals surface area (Å²) in [5.74, 6) is -0.715. The second kappa shape index (κ2) is 3.58. The van der Waals surface area contributed by atoms with E-state index in [-0.39, 0.29) is 11.8 Å². The summed E-state index contributed by atoms with van der Waals surface area (Å²) in [6.45, 7) is 0. The fraction of sp³-hybridized carbons (Fsp3) is 0.118. The minimum absolute atomic E-state index is 0.124. The molecule has 0 aromatic rings. The molecule has 2 atom stereocenters. The molecule has 2 heteroatoms. The first-order valence-electron chi connectivity index (χ1n) is 6.37. The molecule has 0 bridgehead atoms. The monoisotopic (exact) mass is 247 g/mol. The SMILES string of the molecule is O=C([O-])C1=C2C=CC3=CC=CC4=CC=C(C=C1)C2C34. The Bertz CT molecular complexity index is 706. The van der Waals surface area contributed by atoms with E-state index in [2.05, 4.69) is 24.3 Å². The minimum Gasteiger partial charge on any atom is -0.545 e. The zero-order valence-corrected chi connectivity index (χ0v) is 10.2. The fourth-order valence-corrected chi connectivity index (χ4v) is 3.39. The van der Waals surface area contributed by atoms with Gasteiger partial charge in [0, 0.05) is 17.4 Å². The number of hydrogen-bond donors (Lipinski definition) is 0. The van der Waals surface area contributed by atoms with Gasteiger partial charge in [-0.15, -0.1) is 0 Å². The van der Waals surface area contributed by atoms with Gasteiger partial charge in [-0.3, -0.25) is 0 Å². The molecular formula is C17H11O2-. The average molecular weight is 247 g/mol. The van der Waals surface area contributed by atoms with Crippen molar-refractivity contribution in [3.63, 3.8) is 0 Å². The number of aliphatic carboxylic acids is 1. The Kier molecular flexibility index (Phi) is 1.99. The van der Waals surface area contributed by atoms with Crippen molar-refractivity contribution in [2.75, 3.05) is 0 Å². The molecule has 0 radical (unpaired) electrons. The highest BCUT2D eigenvalue weighted by atomic mass is 16.4. The topological polar surface area (TPSA) is 40.1 Å². The van der Waals surface area contributed by atoms with E-state index in [1.165, 1.54) is 16.7 Å². The molecule has 19 heavy (non-hydrogen) atoms. The highest BCUT2D eigenvalue weighted by molar-refractivity contribution is 5.91. The number of carboxylic acid groups (broad SMARTS) is 1. The summed E-state index contributed by atoms with van der Waals surface area (Å²) in [6, 6.07) is 0. The lowest BCUT2D eigenvalue weighted by Crippen LogP contribution is -2.33. The Hall–Kier alpha value is -2.35. The number of hydrogen-bond acceptors (Lipinski definition) is 2. The zero-order chi connectivity index (χ0) is 13.0. The molecular weight excluding hydrogens is 236 g/mol. The van der Waals surface area contributed by atoms with Crippen molar-refractivity contribution in [1.82, 2.24) is 0 Å². The summed E-state index contributed by atoms with van der Waals surface area (Å²) in [6.07, 6.45) is 18.0. The Morgan fingerprint density at radius 3 is 2.32 bits per heavy atom. The third-order valence-corrected chi connectivity index (χ3v) is 4.22. The smallest absolute Gasteiger partial charge is 0.0718 e. The van der Waals surface area contributed by atoms with Gasteiger partial charge >= 0.3 is 0 Å². The minimum atomic E-state index is -1.09. The van der Waals surface area contributed by atoms with Crippen LogP contribution in [0.15, 0.2) is 82.5 Å². The largest absolute Gasteiger partial charge is 0.545 e. The maximum Gasteiger partial charge on any atom is 0.0718 e. The number of allylic oxidation sites excluding steroid dienone is 12. The van der Waals surface area contributed by atoms with Crippen LogP contribution >= 0.6 is 0 Å². The molecule has 0 saturated heterocycles. The summed E-state index contributed by atoms with van der Waals surface area (Å²) >= 11 is 0. The van der Waals surface area contributed by atoms with E-state index in [9.17, 15) is 9.90 Å². The van der Waals surface area contributed by atoms with Crippen LogP contribution in [-0.4, -0.2) is 5.97 Å². The second-order valence-corrected chi connectivity index (χ2v) is 5.14. The van der Waals surface area contributed by atoms with E-state index < -0.39 is 5.97 Å². The van der Waals surface area contributed by atoms with Crippen LogP contribution in [0.2, 0.25) is 0 Å². The summed E-state index contributed by atoms with van der Waals surface area (Å²) < 4.78 is 0. The lowest BCUT2D eigenvalue weighted by Gasteiger charge is -2.40. The van der Waals surface area contributed by atoms with Crippen LogP contribution in [0.4, 0.5) is 0 Å². The predicted octanol–water partition coefficient (Wildman–Crippen LogP) is 1.77. The predicted molar refractivity (Wildman–Crippen MR) is 70.7 cm³/mol. The van der Waals surface area contributed by atoms with Crippen LogP contribution in [0.25, 0.3) is 0 Å². The molecule has 92 valence electrons. The first-order chi connectivity index (χ1) is 9.25. The second-order valence-electron chi connectivity index (χ2n) is 5.14. The van der Waals surface area contributed by atoms with Crippen LogP contribution in [0.3, 0.4) is 0 Å². The van der Waals surface area contributed by atoms with Crippen LogP contribution < -0.4 is 5.11 Å². The lowest BCUT2D eigenvalue weighted by atomic mass is 9.63. The summed E-state index contributed by atoms with van der Waals surface area (Å²) in [5.41, 5.74) is 4.87. The number of carbonyl (C=O) groups is 1. The fourth-order valence-electron chi connectivity index (χ4n) is 3.39. The van der Waals surface area contributed by atoms with E-state index in [4.69, 9.17) is 0 Å². The van der Waals surface area contributed by atoms with Gasteiger partial charge in [0.25, 0.3) is 0 Å². The quantitative estimate of drug-likeness (QED) is 0.708. The standard InChI is InChI=1S/C17H12O2/c18-17(19)14-9-7-12-5-4-10-2-1-3-11-6-8-13(14)16(12)15(10)11/h1-9,15-16H,(H,18,19)/p-1. The van der Waals surface area contributed by atoms with Gasteiger partial charge in [-0.1, -0.05) is 54.7 Å². The van der Waals surface area contributed by atoms with E-state index in [1.807, 2.05) is 24.3 Å². The molecule has 4 rings (SSSR count). The van der Waals surface area contributed by atoms with Gasteiger partial charge in [0.15, 0.2) is 0 Å². The van der Waals surface area contributed by atoms with E-state index in [1.54, 1.807) is 6.08 Å². The van der Waals surface area contributed by atoms with Gasteiger partial charge < -0.3 is 9.90 Å². The van der Waals surface area contributed by atoms with Crippen molar-refractivity contribution in [3.8, 4) is 0 Å². The Morgan fingerprint density at radius 2 is 1.53 bits per heavy atom. The lowest BCUT2D eigenvalue weighted by molar-refractivity contribution is -0.298.